The van der Waals surface area contributed by atoms with Gasteiger partial charge in [-0.3, -0.25) is 0 Å². The van der Waals surface area contributed by atoms with Crippen molar-refractivity contribution in [3.63, 3.8) is 0 Å². The Hall–Kier alpha value is -0.760. The molecule has 1 heterocycles. The van der Waals surface area contributed by atoms with Gasteiger partial charge >= 0.3 is 0 Å². The van der Waals surface area contributed by atoms with Crippen LogP contribution in [0, 0.1) is 6.92 Å². The molecule has 0 unspecified atom stereocenters. The zero-order chi connectivity index (χ0) is 10.5. The quantitative estimate of drug-likeness (QED) is 0.683. The molecule has 1 aromatic carbocycles. The smallest absolute Gasteiger partial charge is 0.0606 e. The lowest BCUT2D eigenvalue weighted by Crippen LogP contribution is -1.94. The minimum Gasteiger partial charge on any atom is -0.0606 e. The van der Waals surface area contributed by atoms with Crippen LogP contribution in [0.2, 0.25) is 0 Å². The molecule has 0 amide bonds. The van der Waals surface area contributed by atoms with E-state index in [1.807, 2.05) is 11.8 Å². The molecule has 0 saturated heterocycles. The van der Waals surface area contributed by atoms with Gasteiger partial charge < -0.3 is 0 Å². The Kier molecular flexibility index (Phi) is 3.84. The van der Waals surface area contributed by atoms with E-state index in [2.05, 4.69) is 36.2 Å². The Balaban J connectivity index is 1.83. The van der Waals surface area contributed by atoms with Crippen LogP contribution < -0.4 is 4.99 Å². The summed E-state index contributed by atoms with van der Waals surface area (Å²) in [6, 6.07) is 8.36. The average Bonchev–Trinajstić information content (AvgIpc) is 2.67. The fourth-order valence-electron chi connectivity index (χ4n) is 1.66. The number of benzene rings is 1. The Bertz CT molecular complexity index is 357. The predicted molar refractivity (Wildman–Crippen MR) is 67.5 cm³/mol. The van der Waals surface area contributed by atoms with Crippen LogP contribution >= 0.6 is 11.8 Å². The van der Waals surface area contributed by atoms with Crippen molar-refractivity contribution in [2.24, 2.45) is 0 Å². The molecular formula is C13H16NS+. The third-order valence-electron chi connectivity index (χ3n) is 2.48. The van der Waals surface area contributed by atoms with Crippen LogP contribution in [0.4, 0.5) is 5.69 Å². The van der Waals surface area contributed by atoms with Gasteiger partial charge in [-0.2, -0.15) is 0 Å². The standard InChI is InChI=1S/C13H16NS/c1-2-3-4-5-10-13-14-11-8-6-7-9-12(11)15-13/h6-9H,1-5,10H2/q+1. The lowest BCUT2D eigenvalue weighted by Gasteiger charge is -1.93. The zero-order valence-electron chi connectivity index (χ0n) is 8.91. The van der Waals surface area contributed by atoms with Gasteiger partial charge in [0.15, 0.2) is 0 Å². The summed E-state index contributed by atoms with van der Waals surface area (Å²) in [4.78, 5) is 5.92. The van der Waals surface area contributed by atoms with E-state index in [0.717, 1.165) is 18.5 Å². The zero-order valence-corrected chi connectivity index (χ0v) is 9.72. The normalized spacial score (nSPS) is 13.8. The van der Waals surface area contributed by atoms with Crippen LogP contribution in [0.25, 0.3) is 0 Å². The van der Waals surface area contributed by atoms with Gasteiger partial charge in [0.25, 0.3) is 10.7 Å². The molecule has 2 heteroatoms. The molecule has 0 aliphatic carbocycles. The molecule has 0 spiro atoms. The van der Waals surface area contributed by atoms with Crippen molar-refractivity contribution in [1.29, 1.82) is 0 Å². The van der Waals surface area contributed by atoms with Crippen molar-refractivity contribution < 1.29 is 0 Å². The molecule has 0 fully saturated rings. The second kappa shape index (κ2) is 5.36. The van der Waals surface area contributed by atoms with E-state index < -0.39 is 0 Å². The Morgan fingerprint density at radius 1 is 1.13 bits per heavy atom. The number of para-hydroxylation sites is 1. The van der Waals surface area contributed by atoms with E-state index in [-0.39, 0.29) is 0 Å². The van der Waals surface area contributed by atoms with Gasteiger partial charge in [0.1, 0.15) is 0 Å². The first-order valence-corrected chi connectivity index (χ1v) is 6.35. The highest BCUT2D eigenvalue weighted by atomic mass is 32.2. The lowest BCUT2D eigenvalue weighted by molar-refractivity contribution is 0.707. The maximum absolute atomic E-state index is 4.61. The fourth-order valence-corrected chi connectivity index (χ4v) is 2.67. The Morgan fingerprint density at radius 2 is 2.00 bits per heavy atom. The summed E-state index contributed by atoms with van der Waals surface area (Å²) in [5.41, 5.74) is 1.15. The Labute approximate surface area is 96.0 Å². The first-order valence-electron chi connectivity index (χ1n) is 5.54. The van der Waals surface area contributed by atoms with E-state index in [0.29, 0.717) is 0 Å². The van der Waals surface area contributed by atoms with E-state index >= 15 is 0 Å². The van der Waals surface area contributed by atoms with Gasteiger partial charge in [0, 0.05) is 12.5 Å². The van der Waals surface area contributed by atoms with Crippen molar-refractivity contribution in [3.05, 3.63) is 31.2 Å². The number of thioether (sulfide) groups is 1. The minimum absolute atomic E-state index is 1.06. The van der Waals surface area contributed by atoms with Crippen molar-refractivity contribution in [1.82, 2.24) is 4.99 Å². The van der Waals surface area contributed by atoms with Gasteiger partial charge in [-0.05, 0) is 24.2 Å². The highest BCUT2D eigenvalue weighted by Crippen LogP contribution is 2.33. The largest absolute Gasteiger partial charge is 0.293 e. The monoisotopic (exact) mass is 218 g/mol. The molecule has 2 radical (unpaired) electrons. The topological polar surface area (TPSA) is 14.1 Å². The number of hydrogen-bond donors (Lipinski definition) is 0. The first kappa shape index (κ1) is 10.7. The number of aliphatic imine (C=N–C) groups is 1. The second-order valence-electron chi connectivity index (χ2n) is 3.74. The van der Waals surface area contributed by atoms with Crippen LogP contribution in [-0.4, -0.2) is 5.04 Å². The third-order valence-corrected chi connectivity index (χ3v) is 3.57. The summed E-state index contributed by atoms with van der Waals surface area (Å²) in [5.74, 6) is 0. The second-order valence-corrected chi connectivity index (χ2v) is 4.85. The molecule has 0 aromatic heterocycles. The third kappa shape index (κ3) is 2.85. The summed E-state index contributed by atoms with van der Waals surface area (Å²) in [6.07, 6.45) is 5.94. The fraction of sp³-hybridized carbons (Fsp3) is 0.385. The van der Waals surface area contributed by atoms with Crippen molar-refractivity contribution in [2.75, 3.05) is 0 Å². The number of hydrogen-bond acceptors (Lipinski definition) is 2. The summed E-state index contributed by atoms with van der Waals surface area (Å²) in [6.45, 7) is 3.85. The molecule has 0 saturated carbocycles. The van der Waals surface area contributed by atoms with Crippen LogP contribution in [0.3, 0.4) is 0 Å². The maximum atomic E-state index is 4.61. The SMILES string of the molecule is [CH2]CCCCCC1=[N+]c2ccccc2S1. The minimum atomic E-state index is 1.06. The van der Waals surface area contributed by atoms with Gasteiger partial charge in [-0.25, -0.2) is 0 Å². The summed E-state index contributed by atoms with van der Waals surface area (Å²) in [7, 11) is 0. The number of unbranched alkanes of at least 4 members (excludes halogenated alkanes) is 3. The highest BCUT2D eigenvalue weighted by molar-refractivity contribution is 8.14. The summed E-state index contributed by atoms with van der Waals surface area (Å²) in [5, 5.41) is 1.28. The van der Waals surface area contributed by atoms with Gasteiger partial charge in [-0.1, -0.05) is 38.3 Å². The molecule has 1 aliphatic rings. The van der Waals surface area contributed by atoms with E-state index in [4.69, 9.17) is 0 Å². The van der Waals surface area contributed by atoms with Crippen LogP contribution in [0.1, 0.15) is 32.1 Å². The highest BCUT2D eigenvalue weighted by Gasteiger charge is 2.26. The van der Waals surface area contributed by atoms with Gasteiger partial charge in [-0.15, -0.1) is 0 Å². The molecule has 0 bridgehead atoms. The molecule has 0 atom stereocenters. The van der Waals surface area contributed by atoms with Gasteiger partial charge in [0.05, 0.1) is 9.89 Å². The molecule has 0 N–H and O–H groups in total. The molecule has 1 aromatic rings. The molecule has 2 rings (SSSR count). The molecular weight excluding hydrogens is 202 g/mol. The number of fused-ring (bicyclic) bond motifs is 1. The summed E-state index contributed by atoms with van der Waals surface area (Å²) >= 11 is 1.83. The van der Waals surface area contributed by atoms with E-state index in [1.54, 1.807) is 0 Å². The van der Waals surface area contributed by atoms with E-state index in [1.165, 1.54) is 29.2 Å². The Morgan fingerprint density at radius 3 is 2.80 bits per heavy atom. The van der Waals surface area contributed by atoms with Crippen molar-refractivity contribution in [2.45, 2.75) is 37.0 Å². The predicted octanol–water partition coefficient (Wildman–Crippen LogP) is 3.94. The van der Waals surface area contributed by atoms with Gasteiger partial charge in [0.2, 0.25) is 0 Å². The lowest BCUT2D eigenvalue weighted by atomic mass is 10.2. The average molecular weight is 218 g/mol. The van der Waals surface area contributed by atoms with Crippen molar-refractivity contribution in [3.8, 4) is 0 Å². The number of nitrogens with zero attached hydrogens (tertiary/aromatic N) is 1. The molecule has 15 heavy (non-hydrogen) atoms. The molecule has 78 valence electrons. The van der Waals surface area contributed by atoms with Crippen molar-refractivity contribution >= 4 is 22.5 Å². The van der Waals surface area contributed by atoms with Crippen LogP contribution in [0.15, 0.2) is 29.2 Å². The summed E-state index contributed by atoms with van der Waals surface area (Å²) < 4.78 is 0. The van der Waals surface area contributed by atoms with Crippen LogP contribution in [0.5, 0.6) is 0 Å². The molecule has 1 nitrogen and oxygen atoms in total. The van der Waals surface area contributed by atoms with E-state index in [9.17, 15) is 0 Å². The maximum Gasteiger partial charge on any atom is 0.293 e. The van der Waals surface area contributed by atoms with Crippen LogP contribution in [-0.2, 0) is 0 Å². The molecule has 1 aliphatic heterocycles. The first-order chi connectivity index (χ1) is 7.40. The number of rotatable bonds is 5.